The fraction of sp³-hybridized carbons (Fsp3) is 0.206. The summed E-state index contributed by atoms with van der Waals surface area (Å²) < 4.78 is 0. The third kappa shape index (κ3) is 3.53. The van der Waals surface area contributed by atoms with Crippen LogP contribution in [0.25, 0.3) is 22.0 Å². The van der Waals surface area contributed by atoms with Gasteiger partial charge in [0.2, 0.25) is 5.91 Å². The van der Waals surface area contributed by atoms with Gasteiger partial charge in [-0.05, 0) is 65.8 Å². The number of carbonyl (C=O) groups excluding carboxylic acids is 2. The summed E-state index contributed by atoms with van der Waals surface area (Å²) in [6.45, 7) is 5.82. The zero-order valence-corrected chi connectivity index (χ0v) is 22.9. The number of carbonyl (C=O) groups is 2. The van der Waals surface area contributed by atoms with Gasteiger partial charge in [0.15, 0.2) is 10.9 Å². The van der Waals surface area contributed by atoms with Crippen LogP contribution in [0.1, 0.15) is 70.3 Å². The molecule has 0 saturated carbocycles. The highest BCUT2D eigenvalue weighted by atomic mass is 32.1. The molecule has 3 aliphatic carbocycles. The molecule has 192 valence electrons. The van der Waals surface area contributed by atoms with E-state index in [1.807, 2.05) is 29.6 Å². The number of rotatable bonds is 4. The molecule has 0 fully saturated rings. The van der Waals surface area contributed by atoms with E-state index in [1.54, 1.807) is 6.92 Å². The van der Waals surface area contributed by atoms with Crippen LogP contribution in [0.2, 0.25) is 0 Å². The van der Waals surface area contributed by atoms with Gasteiger partial charge in [0, 0.05) is 28.3 Å². The van der Waals surface area contributed by atoms with E-state index in [4.69, 9.17) is 4.98 Å². The van der Waals surface area contributed by atoms with Crippen molar-refractivity contribution in [1.29, 1.82) is 0 Å². The normalized spacial score (nSPS) is 20.9. The fourth-order valence-electron chi connectivity index (χ4n) is 6.98. The van der Waals surface area contributed by atoms with Gasteiger partial charge in [0.1, 0.15) is 0 Å². The van der Waals surface area contributed by atoms with E-state index in [9.17, 15) is 9.59 Å². The minimum Gasteiger partial charge on any atom is -0.301 e. The number of hydrogen-bond acceptors (Lipinski definition) is 4. The van der Waals surface area contributed by atoms with Crippen LogP contribution in [0.4, 0.5) is 5.13 Å². The van der Waals surface area contributed by atoms with Crippen LogP contribution < -0.4 is 5.32 Å². The molecule has 1 aromatic heterocycles. The first-order valence-electron chi connectivity index (χ1n) is 13.3. The second kappa shape index (κ2) is 8.72. The van der Waals surface area contributed by atoms with Gasteiger partial charge >= 0.3 is 0 Å². The Labute approximate surface area is 231 Å². The summed E-state index contributed by atoms with van der Waals surface area (Å²) in [4.78, 5) is 31.5. The number of Topliss-reactive ketones (excluding diaryl/α,β-unsaturated/α-hetero) is 1. The molecule has 3 aliphatic rings. The Kier molecular flexibility index (Phi) is 5.36. The van der Waals surface area contributed by atoms with Crippen molar-refractivity contribution >= 4 is 38.9 Å². The highest BCUT2D eigenvalue weighted by Gasteiger charge is 2.54. The SMILES string of the molecule is CC(=O)c1cccc2c1C1CC(C)(C(=O)Nc3nc(-c4ccc(C)c5ccccc45)cs3)C2c2ccccc21. The monoisotopic (exact) mass is 528 g/mol. The Hall–Kier alpha value is -4.09. The predicted octanol–water partition coefficient (Wildman–Crippen LogP) is 8.10. The molecule has 5 heteroatoms. The van der Waals surface area contributed by atoms with Gasteiger partial charge in [-0.1, -0.05) is 78.9 Å². The van der Waals surface area contributed by atoms with Crippen LogP contribution in [0.5, 0.6) is 0 Å². The van der Waals surface area contributed by atoms with Crippen LogP contribution in [0, 0.1) is 12.3 Å². The first kappa shape index (κ1) is 24.0. The van der Waals surface area contributed by atoms with Crippen molar-refractivity contribution < 1.29 is 9.59 Å². The molecule has 4 nitrogen and oxygen atoms in total. The molecule has 0 saturated heterocycles. The Morgan fingerprint density at radius 2 is 1.62 bits per heavy atom. The quantitative estimate of drug-likeness (QED) is 0.240. The number of fused-ring (bicyclic) bond motifs is 2. The molecular weight excluding hydrogens is 500 g/mol. The number of nitrogens with one attached hydrogen (secondary N) is 1. The van der Waals surface area contributed by atoms with Gasteiger partial charge in [-0.25, -0.2) is 4.98 Å². The van der Waals surface area contributed by atoms with E-state index in [-0.39, 0.29) is 23.5 Å². The molecule has 3 atom stereocenters. The Bertz CT molecular complexity index is 1820. The number of benzene rings is 4. The average Bonchev–Trinajstić information content (AvgIpc) is 3.41. The second-order valence-electron chi connectivity index (χ2n) is 11.1. The molecule has 1 heterocycles. The fourth-order valence-corrected chi connectivity index (χ4v) is 7.68. The van der Waals surface area contributed by atoms with Gasteiger partial charge in [-0.3, -0.25) is 9.59 Å². The van der Waals surface area contributed by atoms with Gasteiger partial charge in [-0.2, -0.15) is 0 Å². The van der Waals surface area contributed by atoms with Gasteiger partial charge in [0.05, 0.1) is 11.1 Å². The lowest BCUT2D eigenvalue weighted by Crippen LogP contribution is -2.47. The molecule has 8 rings (SSSR count). The first-order chi connectivity index (χ1) is 18.9. The molecule has 39 heavy (non-hydrogen) atoms. The Morgan fingerprint density at radius 1 is 0.897 bits per heavy atom. The largest absolute Gasteiger partial charge is 0.301 e. The smallest absolute Gasteiger partial charge is 0.233 e. The third-order valence-electron chi connectivity index (χ3n) is 8.79. The van der Waals surface area contributed by atoms with Crippen molar-refractivity contribution in [2.45, 2.75) is 39.0 Å². The maximum Gasteiger partial charge on any atom is 0.233 e. The predicted molar refractivity (Wildman–Crippen MR) is 158 cm³/mol. The molecule has 3 unspecified atom stereocenters. The van der Waals surface area contributed by atoms with E-state index >= 15 is 0 Å². The number of aromatic nitrogens is 1. The van der Waals surface area contributed by atoms with Crippen LogP contribution in [0.15, 0.2) is 84.2 Å². The summed E-state index contributed by atoms with van der Waals surface area (Å²) in [6.07, 6.45) is 0.651. The summed E-state index contributed by atoms with van der Waals surface area (Å²) in [5.74, 6) is -0.0844. The summed E-state index contributed by atoms with van der Waals surface area (Å²) in [7, 11) is 0. The first-order valence-corrected chi connectivity index (χ1v) is 14.2. The van der Waals surface area contributed by atoms with Gasteiger partial charge in [0.25, 0.3) is 0 Å². The minimum absolute atomic E-state index is 0.00262. The van der Waals surface area contributed by atoms with E-state index in [2.05, 4.69) is 73.8 Å². The van der Waals surface area contributed by atoms with Crippen molar-refractivity contribution in [1.82, 2.24) is 4.98 Å². The zero-order chi connectivity index (χ0) is 26.9. The molecule has 5 aromatic rings. The lowest BCUT2D eigenvalue weighted by atomic mass is 9.52. The van der Waals surface area contributed by atoms with Crippen molar-refractivity contribution in [2.24, 2.45) is 5.41 Å². The summed E-state index contributed by atoms with van der Waals surface area (Å²) in [5, 5.41) is 8.18. The van der Waals surface area contributed by atoms with Gasteiger partial charge < -0.3 is 5.32 Å². The second-order valence-corrected chi connectivity index (χ2v) is 11.9. The third-order valence-corrected chi connectivity index (χ3v) is 9.55. The average molecular weight is 529 g/mol. The number of amides is 1. The van der Waals surface area contributed by atoms with E-state index in [1.165, 1.54) is 33.4 Å². The number of nitrogens with zero attached hydrogens (tertiary/aromatic N) is 1. The highest BCUT2D eigenvalue weighted by molar-refractivity contribution is 7.14. The summed E-state index contributed by atoms with van der Waals surface area (Å²) >= 11 is 1.46. The molecule has 1 N–H and O–H groups in total. The topological polar surface area (TPSA) is 59.1 Å². The van der Waals surface area contributed by atoms with Gasteiger partial charge in [-0.15, -0.1) is 11.3 Å². The molecule has 0 radical (unpaired) electrons. The minimum atomic E-state index is -0.677. The summed E-state index contributed by atoms with van der Waals surface area (Å²) in [6, 6.07) is 27.0. The van der Waals surface area contributed by atoms with Crippen LogP contribution in [0.3, 0.4) is 0 Å². The number of thiazole rings is 1. The Balaban J connectivity index is 1.26. The molecular formula is C34H28N2O2S. The number of ketones is 1. The maximum atomic E-state index is 14.1. The molecule has 4 aromatic carbocycles. The molecule has 0 aliphatic heterocycles. The molecule has 2 bridgehead atoms. The number of anilines is 1. The maximum absolute atomic E-state index is 14.1. The van der Waals surface area contributed by atoms with Crippen LogP contribution in [-0.4, -0.2) is 16.7 Å². The standard InChI is InChI=1S/C34H28N2O2S/c1-19-15-16-25(23-10-5-4-9-21(19)23)29-18-39-33(35-29)36-32(38)34(3)17-28-24-11-6-7-12-26(24)31(34)27-14-8-13-22(20(2)37)30(27)28/h4-16,18,28,31H,17H2,1-3H3,(H,35,36,38). The Morgan fingerprint density at radius 3 is 2.41 bits per heavy atom. The van der Waals surface area contributed by atoms with Crippen molar-refractivity contribution in [3.8, 4) is 11.3 Å². The summed E-state index contributed by atoms with van der Waals surface area (Å²) in [5.41, 5.74) is 7.87. The number of aryl methyl sites for hydroxylation is 1. The van der Waals surface area contributed by atoms with Crippen LogP contribution in [-0.2, 0) is 4.79 Å². The number of hydrogen-bond donors (Lipinski definition) is 1. The molecule has 0 spiro atoms. The zero-order valence-electron chi connectivity index (χ0n) is 22.1. The molecule has 1 amide bonds. The van der Waals surface area contributed by atoms with E-state index < -0.39 is 5.41 Å². The highest BCUT2D eigenvalue weighted by Crippen LogP contribution is 2.61. The van der Waals surface area contributed by atoms with E-state index in [0.29, 0.717) is 11.6 Å². The van der Waals surface area contributed by atoms with Crippen molar-refractivity contribution in [3.63, 3.8) is 0 Å². The van der Waals surface area contributed by atoms with Crippen molar-refractivity contribution in [2.75, 3.05) is 5.32 Å². The van der Waals surface area contributed by atoms with Crippen molar-refractivity contribution in [3.05, 3.63) is 118 Å². The van der Waals surface area contributed by atoms with Crippen LogP contribution >= 0.6 is 11.3 Å². The van der Waals surface area contributed by atoms with E-state index in [0.717, 1.165) is 33.3 Å². The lowest BCUT2D eigenvalue weighted by Gasteiger charge is -2.51. The lowest BCUT2D eigenvalue weighted by molar-refractivity contribution is -0.126.